The molecule has 1 N–H and O–H groups in total. The largest absolute Gasteiger partial charge is 0.367 e. The zero-order chi connectivity index (χ0) is 20.8. The molecule has 6 heteroatoms. The van der Waals surface area contributed by atoms with Gasteiger partial charge in [0.05, 0.1) is 12.2 Å². The number of carbonyl (C=O) groups excluding carboxylic acids is 1. The van der Waals surface area contributed by atoms with Crippen LogP contribution in [-0.4, -0.2) is 49.2 Å². The summed E-state index contributed by atoms with van der Waals surface area (Å²) < 4.78 is 5.62. The molecule has 3 heterocycles. The molecular formula is C24H34N4O2. The third kappa shape index (κ3) is 5.42. The van der Waals surface area contributed by atoms with E-state index < -0.39 is 0 Å². The molecule has 2 aliphatic heterocycles. The maximum absolute atomic E-state index is 12.8. The lowest BCUT2D eigenvalue weighted by Gasteiger charge is -2.34. The first kappa shape index (κ1) is 20.9. The zero-order valence-electron chi connectivity index (χ0n) is 18.1. The highest BCUT2D eigenvalue weighted by Gasteiger charge is 2.30. The minimum absolute atomic E-state index is 0.344. The minimum atomic E-state index is 0.344. The number of aromatic nitrogens is 1. The van der Waals surface area contributed by atoms with E-state index in [1.165, 1.54) is 6.42 Å². The fraction of sp³-hybridized carbons (Fsp3) is 0.583. The summed E-state index contributed by atoms with van der Waals surface area (Å²) in [5, 5.41) is 7.84. The number of piperidine rings is 2. The summed E-state index contributed by atoms with van der Waals surface area (Å²) in [7, 11) is 2.06. The van der Waals surface area contributed by atoms with Gasteiger partial charge in [0.25, 0.3) is 0 Å². The Bertz CT molecular complexity index is 801. The summed E-state index contributed by atoms with van der Waals surface area (Å²) >= 11 is 0. The molecule has 1 aromatic heterocycles. The molecule has 162 valence electrons. The van der Waals surface area contributed by atoms with E-state index in [4.69, 9.17) is 4.52 Å². The van der Waals surface area contributed by atoms with Gasteiger partial charge in [-0.2, -0.15) is 0 Å². The quantitative estimate of drug-likeness (QED) is 0.757. The lowest BCUT2D eigenvalue weighted by atomic mass is 9.81. The average Bonchev–Trinajstić information content (AvgIpc) is 3.23. The van der Waals surface area contributed by atoms with Crippen molar-refractivity contribution in [2.24, 2.45) is 11.8 Å². The molecule has 0 bridgehead atoms. The van der Waals surface area contributed by atoms with Crippen LogP contribution in [-0.2, 0) is 17.8 Å². The van der Waals surface area contributed by atoms with Crippen molar-refractivity contribution in [1.82, 2.24) is 15.4 Å². The first-order chi connectivity index (χ1) is 14.7. The van der Waals surface area contributed by atoms with Crippen molar-refractivity contribution in [3.63, 3.8) is 0 Å². The van der Waals surface area contributed by atoms with Gasteiger partial charge in [-0.3, -0.25) is 4.79 Å². The number of rotatable bonds is 7. The van der Waals surface area contributed by atoms with Crippen molar-refractivity contribution in [2.75, 3.05) is 38.1 Å². The zero-order valence-corrected chi connectivity index (χ0v) is 18.1. The summed E-state index contributed by atoms with van der Waals surface area (Å²) in [6.45, 7) is 4.52. The van der Waals surface area contributed by atoms with Gasteiger partial charge in [-0.25, -0.2) is 0 Å². The number of para-hydroxylation sites is 1. The topological polar surface area (TPSA) is 61.6 Å². The Kier molecular flexibility index (Phi) is 7.05. The van der Waals surface area contributed by atoms with E-state index in [2.05, 4.69) is 45.5 Å². The second-order valence-electron chi connectivity index (χ2n) is 8.84. The van der Waals surface area contributed by atoms with E-state index in [-0.39, 0.29) is 0 Å². The van der Waals surface area contributed by atoms with Crippen LogP contribution in [0.5, 0.6) is 0 Å². The normalized spacial score (nSPS) is 22.1. The molecule has 4 rings (SSSR count). The van der Waals surface area contributed by atoms with Gasteiger partial charge in [0.2, 0.25) is 5.91 Å². The van der Waals surface area contributed by atoms with Crippen molar-refractivity contribution in [1.29, 1.82) is 0 Å². The van der Waals surface area contributed by atoms with E-state index in [1.807, 2.05) is 18.2 Å². The van der Waals surface area contributed by atoms with Crippen molar-refractivity contribution in [3.8, 4) is 0 Å². The number of nitrogens with one attached hydrogen (secondary N) is 1. The minimum Gasteiger partial charge on any atom is -0.367 e. The number of hydrogen-bond acceptors (Lipinski definition) is 5. The van der Waals surface area contributed by atoms with Crippen molar-refractivity contribution in [2.45, 2.75) is 45.1 Å². The summed E-state index contributed by atoms with van der Waals surface area (Å²) in [6.07, 6.45) is 6.16. The number of nitrogens with zero attached hydrogens (tertiary/aromatic N) is 3. The van der Waals surface area contributed by atoms with E-state index in [0.717, 1.165) is 69.0 Å². The van der Waals surface area contributed by atoms with Crippen LogP contribution in [0.15, 0.2) is 40.9 Å². The number of hydrogen-bond donors (Lipinski definition) is 1. The van der Waals surface area contributed by atoms with Crippen molar-refractivity contribution < 1.29 is 9.32 Å². The highest BCUT2D eigenvalue weighted by Crippen LogP contribution is 2.28. The van der Waals surface area contributed by atoms with Crippen LogP contribution in [0, 0.1) is 11.8 Å². The second-order valence-corrected chi connectivity index (χ2v) is 8.84. The van der Waals surface area contributed by atoms with Crippen LogP contribution in [0.25, 0.3) is 0 Å². The van der Waals surface area contributed by atoms with Gasteiger partial charge in [-0.1, -0.05) is 23.4 Å². The molecule has 0 spiro atoms. The smallest absolute Gasteiger partial charge is 0.222 e. The molecule has 2 fully saturated rings. The Balaban J connectivity index is 1.33. The van der Waals surface area contributed by atoms with E-state index in [9.17, 15) is 4.79 Å². The fourth-order valence-corrected chi connectivity index (χ4v) is 4.78. The Hall–Kier alpha value is -2.34. The lowest BCUT2D eigenvalue weighted by Crippen LogP contribution is -2.42. The van der Waals surface area contributed by atoms with Gasteiger partial charge in [0.1, 0.15) is 0 Å². The Labute approximate surface area is 179 Å². The fourth-order valence-electron chi connectivity index (χ4n) is 4.78. The number of likely N-dealkylation sites (tertiary alicyclic amines) is 1. The second kappa shape index (κ2) is 10.1. The highest BCUT2D eigenvalue weighted by atomic mass is 16.5. The first-order valence-electron chi connectivity index (χ1n) is 11.4. The molecule has 1 amide bonds. The Morgan fingerprint density at radius 3 is 2.80 bits per heavy atom. The number of benzene rings is 1. The van der Waals surface area contributed by atoms with Gasteiger partial charge in [-0.15, -0.1) is 0 Å². The van der Waals surface area contributed by atoms with Crippen LogP contribution in [0.1, 0.15) is 43.6 Å². The summed E-state index contributed by atoms with van der Waals surface area (Å²) in [5.74, 6) is 2.07. The van der Waals surface area contributed by atoms with Crippen LogP contribution >= 0.6 is 0 Å². The number of amides is 1. The van der Waals surface area contributed by atoms with E-state index in [1.54, 1.807) is 0 Å². The average molecular weight is 411 g/mol. The van der Waals surface area contributed by atoms with Gasteiger partial charge in [0.15, 0.2) is 5.76 Å². The molecule has 1 aromatic carbocycles. The maximum Gasteiger partial charge on any atom is 0.222 e. The molecule has 30 heavy (non-hydrogen) atoms. The Morgan fingerprint density at radius 1 is 1.20 bits per heavy atom. The molecule has 0 radical (unpaired) electrons. The monoisotopic (exact) mass is 410 g/mol. The van der Waals surface area contributed by atoms with Gasteiger partial charge in [-0.05, 0) is 69.2 Å². The maximum atomic E-state index is 12.8. The summed E-state index contributed by atoms with van der Waals surface area (Å²) in [4.78, 5) is 17.0. The van der Waals surface area contributed by atoms with Crippen molar-refractivity contribution >= 4 is 11.6 Å². The number of carbonyl (C=O) groups is 1. The molecular weight excluding hydrogens is 376 g/mol. The third-order valence-corrected chi connectivity index (χ3v) is 6.58. The third-order valence-electron chi connectivity index (χ3n) is 6.58. The molecule has 0 aliphatic carbocycles. The predicted molar refractivity (Wildman–Crippen MR) is 118 cm³/mol. The summed E-state index contributed by atoms with van der Waals surface area (Å²) in [6, 6.07) is 12.4. The molecule has 0 saturated carbocycles. The van der Waals surface area contributed by atoms with Gasteiger partial charge < -0.3 is 19.6 Å². The lowest BCUT2D eigenvalue weighted by molar-refractivity contribution is -0.133. The van der Waals surface area contributed by atoms with Crippen LogP contribution in [0.3, 0.4) is 0 Å². The summed E-state index contributed by atoms with van der Waals surface area (Å²) in [5.41, 5.74) is 2.15. The number of anilines is 1. The molecule has 2 unspecified atom stereocenters. The first-order valence-corrected chi connectivity index (χ1v) is 11.4. The van der Waals surface area contributed by atoms with Crippen LogP contribution in [0.2, 0.25) is 0 Å². The molecule has 2 atom stereocenters. The van der Waals surface area contributed by atoms with Gasteiger partial charge in [0, 0.05) is 38.3 Å². The molecule has 2 saturated heterocycles. The highest BCUT2D eigenvalue weighted by molar-refractivity contribution is 5.76. The SMILES string of the molecule is CN(Cc1cc(CC2CNCCC2CC(=O)N2CCCCC2)no1)c1ccccc1. The standard InChI is InChI=1S/C24H34N4O2/c1-27(22-8-4-2-5-9-22)18-23-16-21(26-30-23)14-20-17-25-11-10-19(20)15-24(29)28-12-6-3-7-13-28/h2,4-5,8-9,16,19-20,25H,3,6-7,10-15,17-18H2,1H3. The van der Waals surface area contributed by atoms with E-state index >= 15 is 0 Å². The predicted octanol–water partition coefficient (Wildman–Crippen LogP) is 3.48. The Morgan fingerprint density at radius 2 is 2.00 bits per heavy atom. The van der Waals surface area contributed by atoms with Gasteiger partial charge >= 0.3 is 0 Å². The van der Waals surface area contributed by atoms with E-state index in [0.29, 0.717) is 30.7 Å². The molecule has 2 aromatic rings. The van der Waals surface area contributed by atoms with Crippen LogP contribution in [0.4, 0.5) is 5.69 Å². The molecule has 6 nitrogen and oxygen atoms in total. The van der Waals surface area contributed by atoms with Crippen molar-refractivity contribution in [3.05, 3.63) is 47.9 Å². The van der Waals surface area contributed by atoms with Crippen LogP contribution < -0.4 is 10.2 Å². The molecule has 2 aliphatic rings.